The van der Waals surface area contributed by atoms with E-state index >= 15 is 0 Å². The molecule has 0 saturated carbocycles. The quantitative estimate of drug-likeness (QED) is 0.778. The number of hydrogen-bond acceptors (Lipinski definition) is 4. The largest absolute Gasteiger partial charge is 0.443 e. The number of ether oxygens (including phenoxy) is 1. The molecule has 0 radical (unpaired) electrons. The van der Waals surface area contributed by atoms with Crippen molar-refractivity contribution in [3.63, 3.8) is 0 Å². The molecule has 25 heavy (non-hydrogen) atoms. The van der Waals surface area contributed by atoms with E-state index in [0.717, 1.165) is 30.9 Å². The Bertz CT molecular complexity index is 581. The lowest BCUT2D eigenvalue weighted by molar-refractivity contribution is 0.0580. The predicted octanol–water partition coefficient (Wildman–Crippen LogP) is 4.64. The van der Waals surface area contributed by atoms with Gasteiger partial charge in [0.2, 0.25) is 0 Å². The number of carbonyl (C=O) groups is 1. The Labute approximate surface area is 152 Å². The second kappa shape index (κ2) is 8.17. The van der Waals surface area contributed by atoms with Gasteiger partial charge in [-0.15, -0.1) is 0 Å². The number of rotatable bonds is 5. The average molecular weight is 348 g/mol. The molecule has 1 aromatic heterocycles. The Hall–Kier alpha value is -1.62. The third-order valence-corrected chi connectivity index (χ3v) is 4.32. The van der Waals surface area contributed by atoms with Crippen LogP contribution in [0, 0.1) is 5.92 Å². The fourth-order valence-electron chi connectivity index (χ4n) is 3.44. The predicted molar refractivity (Wildman–Crippen MR) is 102 cm³/mol. The minimum absolute atomic E-state index is 0.322. The molecule has 1 aromatic rings. The van der Waals surface area contributed by atoms with E-state index in [1.807, 2.05) is 33.8 Å². The van der Waals surface area contributed by atoms with Crippen LogP contribution in [0.3, 0.4) is 0 Å². The number of likely N-dealkylation sites (tertiary alicyclic amines) is 1. The van der Waals surface area contributed by atoms with E-state index in [2.05, 4.69) is 29.8 Å². The summed E-state index contributed by atoms with van der Waals surface area (Å²) < 4.78 is 5.59. The lowest BCUT2D eigenvalue weighted by Gasteiger charge is -2.31. The number of nitrogens with zero attached hydrogens (tertiary/aromatic N) is 3. The van der Waals surface area contributed by atoms with Crippen molar-refractivity contribution in [2.24, 2.45) is 5.92 Å². The third kappa shape index (κ3) is 5.18. The van der Waals surface area contributed by atoms with E-state index in [1.165, 1.54) is 6.42 Å². The second-order valence-electron chi connectivity index (χ2n) is 8.19. The van der Waals surface area contributed by atoms with Crippen molar-refractivity contribution in [1.29, 1.82) is 0 Å². The first-order chi connectivity index (χ1) is 11.7. The van der Waals surface area contributed by atoms with Gasteiger partial charge in [-0.3, -0.25) is 9.80 Å². The maximum absolute atomic E-state index is 12.7. The molecule has 0 aromatic carbocycles. The zero-order valence-corrected chi connectivity index (χ0v) is 16.6. The highest BCUT2D eigenvalue weighted by Crippen LogP contribution is 2.37. The summed E-state index contributed by atoms with van der Waals surface area (Å²) in [5.74, 6) is 1.36. The summed E-state index contributed by atoms with van der Waals surface area (Å²) in [6.07, 6.45) is 3.72. The first-order valence-corrected chi connectivity index (χ1v) is 9.42. The second-order valence-corrected chi connectivity index (χ2v) is 8.19. The van der Waals surface area contributed by atoms with Gasteiger partial charge in [-0.1, -0.05) is 19.9 Å². The van der Waals surface area contributed by atoms with Gasteiger partial charge in [0.15, 0.2) is 0 Å². The molecular weight excluding hydrogens is 314 g/mol. The summed E-state index contributed by atoms with van der Waals surface area (Å²) in [6, 6.07) is 4.40. The number of hydrogen-bond donors (Lipinski definition) is 0. The van der Waals surface area contributed by atoms with Crippen LogP contribution in [0.25, 0.3) is 0 Å². The molecule has 1 atom stereocenters. The molecular formula is C20H33N3O2. The van der Waals surface area contributed by atoms with Crippen LogP contribution in [0.1, 0.15) is 66.0 Å². The minimum Gasteiger partial charge on any atom is -0.443 e. The van der Waals surface area contributed by atoms with Crippen LogP contribution in [0.4, 0.5) is 10.6 Å². The summed E-state index contributed by atoms with van der Waals surface area (Å²) in [4.78, 5) is 21.4. The molecule has 1 fully saturated rings. The van der Waals surface area contributed by atoms with Gasteiger partial charge in [0.1, 0.15) is 11.4 Å². The maximum atomic E-state index is 12.7. The molecule has 5 nitrogen and oxygen atoms in total. The SMILES string of the molecule is CCN(C(=O)OC(C)(C)C)c1ncccc1[C@@H]1CCCN1CC(C)C. The van der Waals surface area contributed by atoms with Crippen molar-refractivity contribution in [3.8, 4) is 0 Å². The number of anilines is 1. The van der Waals surface area contributed by atoms with Crippen molar-refractivity contribution >= 4 is 11.9 Å². The first kappa shape index (κ1) is 19.7. The van der Waals surface area contributed by atoms with Crippen molar-refractivity contribution in [2.75, 3.05) is 24.5 Å². The zero-order valence-electron chi connectivity index (χ0n) is 16.6. The molecule has 2 heterocycles. The van der Waals surface area contributed by atoms with E-state index in [4.69, 9.17) is 4.74 Å². The smallest absolute Gasteiger partial charge is 0.415 e. The van der Waals surface area contributed by atoms with Crippen molar-refractivity contribution < 1.29 is 9.53 Å². The highest BCUT2D eigenvalue weighted by Gasteiger charge is 2.32. The molecule has 1 aliphatic heterocycles. The van der Waals surface area contributed by atoms with Crippen LogP contribution in [0.2, 0.25) is 0 Å². The summed E-state index contributed by atoms with van der Waals surface area (Å²) >= 11 is 0. The lowest BCUT2D eigenvalue weighted by Crippen LogP contribution is -2.38. The third-order valence-electron chi connectivity index (χ3n) is 4.32. The molecule has 1 aliphatic rings. The molecule has 1 saturated heterocycles. The van der Waals surface area contributed by atoms with Crippen LogP contribution in [-0.2, 0) is 4.74 Å². The van der Waals surface area contributed by atoms with Crippen molar-refractivity contribution in [1.82, 2.24) is 9.88 Å². The van der Waals surface area contributed by atoms with Gasteiger partial charge in [-0.05, 0) is 59.1 Å². The van der Waals surface area contributed by atoms with E-state index < -0.39 is 5.60 Å². The van der Waals surface area contributed by atoms with Crippen LogP contribution in [0.5, 0.6) is 0 Å². The molecule has 0 spiro atoms. The van der Waals surface area contributed by atoms with E-state index in [-0.39, 0.29) is 6.09 Å². The number of amides is 1. The van der Waals surface area contributed by atoms with Gasteiger partial charge in [-0.2, -0.15) is 0 Å². The normalized spacial score (nSPS) is 18.6. The number of aromatic nitrogens is 1. The molecule has 5 heteroatoms. The molecule has 0 aliphatic carbocycles. The van der Waals surface area contributed by atoms with E-state index in [9.17, 15) is 4.79 Å². The fraction of sp³-hybridized carbons (Fsp3) is 0.700. The Balaban J connectivity index is 2.31. The first-order valence-electron chi connectivity index (χ1n) is 9.42. The fourth-order valence-corrected chi connectivity index (χ4v) is 3.44. The van der Waals surface area contributed by atoms with Crippen molar-refractivity contribution in [2.45, 2.75) is 66.0 Å². The summed E-state index contributed by atoms with van der Waals surface area (Å²) in [5.41, 5.74) is 0.615. The highest BCUT2D eigenvalue weighted by molar-refractivity contribution is 5.87. The molecule has 140 valence electrons. The van der Waals surface area contributed by atoms with Crippen LogP contribution in [0.15, 0.2) is 18.3 Å². The van der Waals surface area contributed by atoms with E-state index in [1.54, 1.807) is 11.1 Å². The van der Waals surface area contributed by atoms with Crippen LogP contribution >= 0.6 is 0 Å². The van der Waals surface area contributed by atoms with Gasteiger partial charge in [0.05, 0.1) is 0 Å². The van der Waals surface area contributed by atoms with Gasteiger partial charge in [-0.25, -0.2) is 9.78 Å². The van der Waals surface area contributed by atoms with Crippen LogP contribution < -0.4 is 4.90 Å². The Morgan fingerprint density at radius 3 is 2.76 bits per heavy atom. The van der Waals surface area contributed by atoms with Gasteiger partial charge in [0.25, 0.3) is 0 Å². The van der Waals surface area contributed by atoms with E-state index in [0.29, 0.717) is 18.5 Å². The molecule has 0 unspecified atom stereocenters. The molecule has 1 amide bonds. The summed E-state index contributed by atoms with van der Waals surface area (Å²) in [6.45, 7) is 14.8. The lowest BCUT2D eigenvalue weighted by atomic mass is 10.0. The topological polar surface area (TPSA) is 45.7 Å². The summed E-state index contributed by atoms with van der Waals surface area (Å²) in [5, 5.41) is 0. The zero-order chi connectivity index (χ0) is 18.6. The molecule has 2 rings (SSSR count). The van der Waals surface area contributed by atoms with Gasteiger partial charge < -0.3 is 4.74 Å². The number of carbonyl (C=O) groups excluding carboxylic acids is 1. The molecule has 0 bridgehead atoms. The van der Waals surface area contributed by atoms with Crippen LogP contribution in [-0.4, -0.2) is 41.2 Å². The monoisotopic (exact) mass is 347 g/mol. The number of pyridine rings is 1. The Morgan fingerprint density at radius 2 is 2.16 bits per heavy atom. The Kier molecular flexibility index (Phi) is 6.44. The average Bonchev–Trinajstić information content (AvgIpc) is 2.94. The minimum atomic E-state index is -0.517. The Morgan fingerprint density at radius 1 is 1.44 bits per heavy atom. The standard InChI is InChI=1S/C20H33N3O2/c1-7-23(19(24)25-20(4,5)6)18-16(10-8-12-21-18)17-11-9-13-22(17)14-15(2)3/h8,10,12,15,17H,7,9,11,13-14H2,1-6H3/t17-/m0/s1. The van der Waals surface area contributed by atoms with Gasteiger partial charge >= 0.3 is 6.09 Å². The highest BCUT2D eigenvalue weighted by atomic mass is 16.6. The maximum Gasteiger partial charge on any atom is 0.415 e. The summed E-state index contributed by atoms with van der Waals surface area (Å²) in [7, 11) is 0. The molecule has 0 N–H and O–H groups in total. The van der Waals surface area contributed by atoms with Gasteiger partial charge in [0, 0.05) is 30.9 Å². The van der Waals surface area contributed by atoms with Crippen molar-refractivity contribution in [3.05, 3.63) is 23.9 Å².